The van der Waals surface area contributed by atoms with Crippen molar-refractivity contribution in [2.75, 3.05) is 23.3 Å². The van der Waals surface area contributed by atoms with Crippen LogP contribution in [0.4, 0.5) is 11.4 Å². The number of para-hydroxylation sites is 1. The standard InChI is InChI=1S/C23H27N3O3/c1-4-11-24-23(29)19-7-5-6-8-20(19)25-22(28)17-13-21(27)26(14-17)18-10-9-15(2)16(3)12-18/h5-10,12,17H,4,11,13-14H2,1-3H3,(H,24,29)(H,25,28)/t17-/m0/s1. The normalized spacial score (nSPS) is 16.0. The van der Waals surface area contributed by atoms with Crippen LogP contribution in [0.3, 0.4) is 0 Å². The van der Waals surface area contributed by atoms with Gasteiger partial charge in [-0.1, -0.05) is 25.1 Å². The van der Waals surface area contributed by atoms with Gasteiger partial charge in [0.1, 0.15) is 0 Å². The van der Waals surface area contributed by atoms with Crippen molar-refractivity contribution in [2.45, 2.75) is 33.6 Å². The molecule has 0 radical (unpaired) electrons. The number of carbonyl (C=O) groups excluding carboxylic acids is 3. The van der Waals surface area contributed by atoms with Gasteiger partial charge in [0.05, 0.1) is 17.2 Å². The SMILES string of the molecule is CCCNC(=O)c1ccccc1NC(=O)[C@H]1CC(=O)N(c2ccc(C)c(C)c2)C1. The molecular formula is C23H27N3O3. The molecule has 0 saturated carbocycles. The number of aryl methyl sites for hydroxylation is 2. The van der Waals surface area contributed by atoms with E-state index in [1.165, 1.54) is 0 Å². The zero-order chi connectivity index (χ0) is 21.0. The summed E-state index contributed by atoms with van der Waals surface area (Å²) in [5, 5.41) is 5.67. The molecule has 2 aromatic rings. The molecular weight excluding hydrogens is 366 g/mol. The van der Waals surface area contributed by atoms with Crippen LogP contribution in [-0.4, -0.2) is 30.8 Å². The Morgan fingerprint density at radius 2 is 1.86 bits per heavy atom. The highest BCUT2D eigenvalue weighted by molar-refractivity contribution is 6.07. The number of benzene rings is 2. The van der Waals surface area contributed by atoms with Crippen LogP contribution >= 0.6 is 0 Å². The Kier molecular flexibility index (Phi) is 6.32. The van der Waals surface area contributed by atoms with E-state index in [-0.39, 0.29) is 24.1 Å². The first-order chi connectivity index (χ1) is 13.9. The Bertz CT molecular complexity index is 939. The third-order valence-electron chi connectivity index (χ3n) is 5.26. The van der Waals surface area contributed by atoms with Crippen LogP contribution in [0.25, 0.3) is 0 Å². The molecule has 1 fully saturated rings. The molecule has 0 bridgehead atoms. The second kappa shape index (κ2) is 8.90. The predicted octanol–water partition coefficient (Wildman–Crippen LogP) is 3.43. The number of rotatable bonds is 6. The minimum Gasteiger partial charge on any atom is -0.352 e. The molecule has 0 unspecified atom stereocenters. The Balaban J connectivity index is 1.71. The van der Waals surface area contributed by atoms with E-state index in [1.54, 1.807) is 29.2 Å². The fourth-order valence-corrected chi connectivity index (χ4v) is 3.38. The minimum atomic E-state index is -0.462. The van der Waals surface area contributed by atoms with E-state index >= 15 is 0 Å². The second-order valence-electron chi connectivity index (χ2n) is 7.46. The first kappa shape index (κ1) is 20.6. The Morgan fingerprint density at radius 3 is 2.59 bits per heavy atom. The number of hydrogen-bond acceptors (Lipinski definition) is 3. The van der Waals surface area contributed by atoms with Crippen LogP contribution in [0.15, 0.2) is 42.5 Å². The first-order valence-corrected chi connectivity index (χ1v) is 9.96. The van der Waals surface area contributed by atoms with Gasteiger partial charge in [0.15, 0.2) is 0 Å². The maximum absolute atomic E-state index is 12.8. The highest BCUT2D eigenvalue weighted by Gasteiger charge is 2.35. The number of amides is 3. The smallest absolute Gasteiger partial charge is 0.253 e. The lowest BCUT2D eigenvalue weighted by molar-refractivity contribution is -0.122. The first-order valence-electron chi connectivity index (χ1n) is 9.96. The van der Waals surface area contributed by atoms with Crippen LogP contribution < -0.4 is 15.5 Å². The van der Waals surface area contributed by atoms with Gasteiger partial charge in [0.25, 0.3) is 5.91 Å². The average molecular weight is 393 g/mol. The van der Waals surface area contributed by atoms with Gasteiger partial charge in [0.2, 0.25) is 11.8 Å². The molecule has 1 saturated heterocycles. The van der Waals surface area contributed by atoms with Crippen molar-refractivity contribution >= 4 is 29.1 Å². The summed E-state index contributed by atoms with van der Waals surface area (Å²) < 4.78 is 0. The van der Waals surface area contributed by atoms with E-state index in [9.17, 15) is 14.4 Å². The largest absolute Gasteiger partial charge is 0.352 e. The monoisotopic (exact) mass is 393 g/mol. The zero-order valence-electron chi connectivity index (χ0n) is 17.1. The van der Waals surface area contributed by atoms with Crippen molar-refractivity contribution in [3.8, 4) is 0 Å². The van der Waals surface area contributed by atoms with Gasteiger partial charge in [-0.2, -0.15) is 0 Å². The van der Waals surface area contributed by atoms with E-state index in [1.807, 2.05) is 39.0 Å². The minimum absolute atomic E-state index is 0.0672. The maximum atomic E-state index is 12.8. The number of hydrogen-bond donors (Lipinski definition) is 2. The van der Waals surface area contributed by atoms with Crippen molar-refractivity contribution < 1.29 is 14.4 Å². The molecule has 2 N–H and O–H groups in total. The molecule has 3 amide bonds. The lowest BCUT2D eigenvalue weighted by Crippen LogP contribution is -2.29. The lowest BCUT2D eigenvalue weighted by Gasteiger charge is -2.18. The van der Waals surface area contributed by atoms with Crippen molar-refractivity contribution in [3.63, 3.8) is 0 Å². The predicted molar refractivity (Wildman–Crippen MR) is 114 cm³/mol. The molecule has 6 nitrogen and oxygen atoms in total. The zero-order valence-corrected chi connectivity index (χ0v) is 17.1. The summed E-state index contributed by atoms with van der Waals surface area (Å²) in [5.74, 6) is -0.999. The van der Waals surface area contributed by atoms with Crippen LogP contribution in [0, 0.1) is 19.8 Å². The summed E-state index contributed by atoms with van der Waals surface area (Å²) in [6.07, 6.45) is 0.988. The van der Waals surface area contributed by atoms with E-state index in [0.29, 0.717) is 24.3 Å². The molecule has 0 aromatic heterocycles. The van der Waals surface area contributed by atoms with Gasteiger partial charge in [-0.05, 0) is 55.7 Å². The van der Waals surface area contributed by atoms with Crippen LogP contribution in [-0.2, 0) is 9.59 Å². The Labute approximate surface area is 171 Å². The average Bonchev–Trinajstić information content (AvgIpc) is 3.10. The Morgan fingerprint density at radius 1 is 1.10 bits per heavy atom. The highest BCUT2D eigenvalue weighted by Crippen LogP contribution is 2.28. The lowest BCUT2D eigenvalue weighted by atomic mass is 10.1. The summed E-state index contributed by atoms with van der Waals surface area (Å²) in [4.78, 5) is 39.4. The molecule has 0 aliphatic carbocycles. The van der Waals surface area contributed by atoms with E-state index in [4.69, 9.17) is 0 Å². The second-order valence-corrected chi connectivity index (χ2v) is 7.46. The molecule has 3 rings (SSSR count). The molecule has 1 heterocycles. The van der Waals surface area contributed by atoms with Crippen LogP contribution in [0.1, 0.15) is 41.3 Å². The highest BCUT2D eigenvalue weighted by atomic mass is 16.2. The fraction of sp³-hybridized carbons (Fsp3) is 0.348. The van der Waals surface area contributed by atoms with Crippen molar-refractivity contribution in [2.24, 2.45) is 5.92 Å². The Hall–Kier alpha value is -3.15. The summed E-state index contributed by atoms with van der Waals surface area (Å²) in [5.41, 5.74) is 3.96. The summed E-state index contributed by atoms with van der Waals surface area (Å²) in [6, 6.07) is 12.8. The molecule has 1 atom stereocenters. The number of anilines is 2. The fourth-order valence-electron chi connectivity index (χ4n) is 3.38. The van der Waals surface area contributed by atoms with Crippen molar-refractivity contribution in [1.29, 1.82) is 0 Å². The summed E-state index contributed by atoms with van der Waals surface area (Å²) in [7, 11) is 0. The maximum Gasteiger partial charge on any atom is 0.253 e. The third-order valence-corrected chi connectivity index (χ3v) is 5.26. The number of carbonyl (C=O) groups is 3. The van der Waals surface area contributed by atoms with E-state index in [2.05, 4.69) is 10.6 Å². The molecule has 1 aliphatic rings. The molecule has 0 spiro atoms. The quantitative estimate of drug-likeness (QED) is 0.789. The van der Waals surface area contributed by atoms with Crippen LogP contribution in [0.5, 0.6) is 0 Å². The van der Waals surface area contributed by atoms with Gasteiger partial charge in [-0.25, -0.2) is 0 Å². The topological polar surface area (TPSA) is 78.5 Å². The molecule has 29 heavy (non-hydrogen) atoms. The van der Waals surface area contributed by atoms with E-state index < -0.39 is 5.92 Å². The van der Waals surface area contributed by atoms with Gasteiger partial charge in [-0.15, -0.1) is 0 Å². The van der Waals surface area contributed by atoms with Gasteiger partial charge in [0, 0.05) is 25.2 Å². The number of nitrogens with zero attached hydrogens (tertiary/aromatic N) is 1. The van der Waals surface area contributed by atoms with Crippen LogP contribution in [0.2, 0.25) is 0 Å². The summed E-state index contributed by atoms with van der Waals surface area (Å²) >= 11 is 0. The molecule has 6 heteroatoms. The van der Waals surface area contributed by atoms with Crippen molar-refractivity contribution in [1.82, 2.24) is 5.32 Å². The van der Waals surface area contributed by atoms with Crippen molar-refractivity contribution in [3.05, 3.63) is 59.2 Å². The third kappa shape index (κ3) is 4.65. The molecule has 152 valence electrons. The van der Waals surface area contributed by atoms with Gasteiger partial charge >= 0.3 is 0 Å². The molecule has 2 aromatic carbocycles. The van der Waals surface area contributed by atoms with E-state index in [0.717, 1.165) is 23.2 Å². The van der Waals surface area contributed by atoms with Gasteiger partial charge in [-0.3, -0.25) is 14.4 Å². The summed E-state index contributed by atoms with van der Waals surface area (Å²) in [6.45, 7) is 6.91. The molecule has 1 aliphatic heterocycles. The van der Waals surface area contributed by atoms with Gasteiger partial charge < -0.3 is 15.5 Å². The number of nitrogens with one attached hydrogen (secondary N) is 2.